The molecule has 2 aromatic rings. The van der Waals surface area contributed by atoms with Gasteiger partial charge in [0.1, 0.15) is 0 Å². The van der Waals surface area contributed by atoms with Crippen LogP contribution in [-0.4, -0.2) is 15.0 Å². The molecule has 1 aliphatic rings. The third-order valence-corrected chi connectivity index (χ3v) is 4.53. The zero-order chi connectivity index (χ0) is 13.9. The molecule has 0 unspecified atom stereocenters. The zero-order valence-electron chi connectivity index (χ0n) is 11.5. The fourth-order valence-electron chi connectivity index (χ4n) is 2.55. The van der Waals surface area contributed by atoms with Gasteiger partial charge in [0.15, 0.2) is 5.16 Å². The standard InChI is InChI=1S/C15H17N3OS/c1-2-12-10(5-4-8-16-12)9-20-15-17-13-7-3-6-11(13)14(19)18-15/h4-5,8H,2-3,6-7,9H2,1H3,(H,17,18,19). The first kappa shape index (κ1) is 13.4. The third-order valence-electron chi connectivity index (χ3n) is 3.60. The van der Waals surface area contributed by atoms with Crippen LogP contribution >= 0.6 is 11.8 Å². The Kier molecular flexibility index (Phi) is 3.87. The van der Waals surface area contributed by atoms with Gasteiger partial charge in [0, 0.05) is 23.2 Å². The van der Waals surface area contributed by atoms with Crippen LogP contribution in [0.4, 0.5) is 0 Å². The van der Waals surface area contributed by atoms with Gasteiger partial charge in [-0.3, -0.25) is 9.78 Å². The van der Waals surface area contributed by atoms with Gasteiger partial charge < -0.3 is 4.98 Å². The van der Waals surface area contributed by atoms with Gasteiger partial charge in [-0.05, 0) is 37.3 Å². The summed E-state index contributed by atoms with van der Waals surface area (Å²) in [5, 5.41) is 0.724. The van der Waals surface area contributed by atoms with Crippen molar-refractivity contribution in [3.63, 3.8) is 0 Å². The topological polar surface area (TPSA) is 58.6 Å². The molecule has 1 aliphatic carbocycles. The van der Waals surface area contributed by atoms with Crippen LogP contribution in [0.1, 0.15) is 35.9 Å². The minimum Gasteiger partial charge on any atom is -0.301 e. The fourth-order valence-corrected chi connectivity index (χ4v) is 3.45. The summed E-state index contributed by atoms with van der Waals surface area (Å²) in [6.45, 7) is 2.10. The number of thioether (sulfide) groups is 1. The van der Waals surface area contributed by atoms with Gasteiger partial charge in [0.25, 0.3) is 5.56 Å². The number of H-pyrrole nitrogens is 1. The summed E-state index contributed by atoms with van der Waals surface area (Å²) >= 11 is 1.58. The lowest BCUT2D eigenvalue weighted by molar-refractivity contribution is 0.869. The number of pyridine rings is 1. The molecule has 0 fully saturated rings. The summed E-state index contributed by atoms with van der Waals surface area (Å²) in [7, 11) is 0. The molecule has 0 aliphatic heterocycles. The van der Waals surface area contributed by atoms with Crippen LogP contribution in [0.15, 0.2) is 28.3 Å². The van der Waals surface area contributed by atoms with Crippen molar-refractivity contribution in [2.24, 2.45) is 0 Å². The highest BCUT2D eigenvalue weighted by molar-refractivity contribution is 7.98. The Labute approximate surface area is 122 Å². The van der Waals surface area contributed by atoms with Crippen LogP contribution in [0.25, 0.3) is 0 Å². The van der Waals surface area contributed by atoms with Crippen LogP contribution in [-0.2, 0) is 25.0 Å². The molecule has 0 amide bonds. The minimum absolute atomic E-state index is 0.0388. The molecule has 5 heteroatoms. The van der Waals surface area contributed by atoms with Crippen molar-refractivity contribution in [3.8, 4) is 0 Å². The van der Waals surface area contributed by atoms with E-state index in [1.807, 2.05) is 12.3 Å². The summed E-state index contributed by atoms with van der Waals surface area (Å²) in [6.07, 6.45) is 5.58. The second-order valence-corrected chi connectivity index (χ2v) is 5.87. The van der Waals surface area contributed by atoms with Crippen molar-refractivity contribution in [2.75, 3.05) is 0 Å². The molecule has 0 saturated heterocycles. The van der Waals surface area contributed by atoms with Crippen molar-refractivity contribution in [2.45, 2.75) is 43.5 Å². The second-order valence-electron chi connectivity index (χ2n) is 4.90. The lowest BCUT2D eigenvalue weighted by atomic mass is 10.2. The molecule has 0 aromatic carbocycles. The maximum Gasteiger partial charge on any atom is 0.254 e. The van der Waals surface area contributed by atoms with Crippen LogP contribution in [0.2, 0.25) is 0 Å². The number of hydrogen-bond donors (Lipinski definition) is 1. The number of rotatable bonds is 4. The van der Waals surface area contributed by atoms with E-state index in [4.69, 9.17) is 0 Å². The van der Waals surface area contributed by atoms with Gasteiger partial charge in [-0.2, -0.15) is 0 Å². The van der Waals surface area contributed by atoms with Crippen molar-refractivity contribution in [1.82, 2.24) is 15.0 Å². The molecule has 0 radical (unpaired) electrons. The molecule has 0 bridgehead atoms. The molecule has 20 heavy (non-hydrogen) atoms. The molecule has 2 heterocycles. The van der Waals surface area contributed by atoms with Gasteiger partial charge in [0.05, 0.1) is 5.69 Å². The first-order valence-corrected chi connectivity index (χ1v) is 7.94. The summed E-state index contributed by atoms with van der Waals surface area (Å²) in [5.41, 5.74) is 4.23. The van der Waals surface area contributed by atoms with E-state index in [1.54, 1.807) is 11.8 Å². The first-order chi connectivity index (χ1) is 9.78. The van der Waals surface area contributed by atoms with Crippen molar-refractivity contribution in [3.05, 3.63) is 51.2 Å². The Morgan fingerprint density at radius 1 is 1.40 bits per heavy atom. The number of hydrogen-bond acceptors (Lipinski definition) is 4. The Morgan fingerprint density at radius 3 is 3.15 bits per heavy atom. The molecule has 1 N–H and O–H groups in total. The number of nitrogens with zero attached hydrogens (tertiary/aromatic N) is 2. The van der Waals surface area contributed by atoms with Crippen LogP contribution in [0.3, 0.4) is 0 Å². The van der Waals surface area contributed by atoms with Crippen molar-refractivity contribution < 1.29 is 0 Å². The first-order valence-electron chi connectivity index (χ1n) is 6.95. The van der Waals surface area contributed by atoms with Crippen molar-refractivity contribution in [1.29, 1.82) is 0 Å². The third kappa shape index (κ3) is 2.63. The normalized spacial score (nSPS) is 13.4. The average Bonchev–Trinajstić information content (AvgIpc) is 2.94. The molecular weight excluding hydrogens is 270 g/mol. The highest BCUT2D eigenvalue weighted by Gasteiger charge is 2.17. The van der Waals surface area contributed by atoms with Gasteiger partial charge in [-0.25, -0.2) is 4.98 Å². The van der Waals surface area contributed by atoms with E-state index in [1.165, 1.54) is 5.56 Å². The highest BCUT2D eigenvalue weighted by Crippen LogP contribution is 2.23. The van der Waals surface area contributed by atoms with E-state index >= 15 is 0 Å². The van der Waals surface area contributed by atoms with Crippen LogP contribution in [0.5, 0.6) is 0 Å². The predicted molar refractivity (Wildman–Crippen MR) is 80.1 cm³/mol. The molecule has 0 spiro atoms. The summed E-state index contributed by atoms with van der Waals surface area (Å²) in [4.78, 5) is 23.8. The largest absolute Gasteiger partial charge is 0.301 e. The molecule has 0 saturated carbocycles. The Morgan fingerprint density at radius 2 is 2.30 bits per heavy atom. The van der Waals surface area contributed by atoms with Gasteiger partial charge in [-0.1, -0.05) is 24.8 Å². The molecular formula is C15H17N3OS. The highest BCUT2D eigenvalue weighted by atomic mass is 32.2. The van der Waals surface area contributed by atoms with E-state index in [0.717, 1.165) is 53.5 Å². The molecule has 104 valence electrons. The molecule has 4 nitrogen and oxygen atoms in total. The zero-order valence-corrected chi connectivity index (χ0v) is 12.3. The summed E-state index contributed by atoms with van der Waals surface area (Å²) in [5.74, 6) is 0.790. The monoisotopic (exact) mass is 287 g/mol. The van der Waals surface area contributed by atoms with E-state index < -0.39 is 0 Å². The Hall–Kier alpha value is -1.62. The smallest absolute Gasteiger partial charge is 0.254 e. The number of nitrogens with one attached hydrogen (secondary N) is 1. The second kappa shape index (κ2) is 5.79. The number of aryl methyl sites for hydroxylation is 2. The van der Waals surface area contributed by atoms with Crippen molar-refractivity contribution >= 4 is 11.8 Å². The number of aromatic amines is 1. The SMILES string of the molecule is CCc1ncccc1CSc1nc2c(c(=O)[nH]1)CCC2. The van der Waals surface area contributed by atoms with Crippen LogP contribution < -0.4 is 5.56 Å². The fraction of sp³-hybridized carbons (Fsp3) is 0.400. The van der Waals surface area contributed by atoms with Crippen LogP contribution in [0, 0.1) is 0 Å². The van der Waals surface area contributed by atoms with E-state index in [2.05, 4.69) is 27.9 Å². The average molecular weight is 287 g/mol. The van der Waals surface area contributed by atoms with Gasteiger partial charge in [0.2, 0.25) is 0 Å². The lowest BCUT2D eigenvalue weighted by Crippen LogP contribution is -2.14. The number of fused-ring (bicyclic) bond motifs is 1. The Bertz CT molecular complexity index is 681. The molecule has 0 atom stereocenters. The van der Waals surface area contributed by atoms with E-state index in [9.17, 15) is 4.79 Å². The minimum atomic E-state index is 0.0388. The number of aromatic nitrogens is 3. The Balaban J connectivity index is 1.79. The summed E-state index contributed by atoms with van der Waals surface area (Å²) in [6, 6.07) is 4.04. The molecule has 3 rings (SSSR count). The van der Waals surface area contributed by atoms with Gasteiger partial charge in [-0.15, -0.1) is 0 Å². The predicted octanol–water partition coefficient (Wildman–Crippen LogP) is 2.51. The maximum absolute atomic E-state index is 11.9. The van der Waals surface area contributed by atoms with E-state index in [0.29, 0.717) is 0 Å². The van der Waals surface area contributed by atoms with E-state index in [-0.39, 0.29) is 5.56 Å². The lowest BCUT2D eigenvalue weighted by Gasteiger charge is -2.06. The van der Waals surface area contributed by atoms with Gasteiger partial charge >= 0.3 is 0 Å². The quantitative estimate of drug-likeness (QED) is 0.693. The maximum atomic E-state index is 11.9. The summed E-state index contributed by atoms with van der Waals surface area (Å²) < 4.78 is 0. The molecule has 2 aromatic heterocycles.